The van der Waals surface area contributed by atoms with Crippen molar-refractivity contribution in [2.24, 2.45) is 0 Å². The average Bonchev–Trinajstić information content (AvgIpc) is 3.35. The predicted octanol–water partition coefficient (Wildman–Crippen LogP) is 4.96. The monoisotopic (exact) mass is 457 g/mol. The first-order valence-electron chi connectivity index (χ1n) is 11.7. The number of nitriles is 1. The Bertz CT molecular complexity index is 1260. The smallest absolute Gasteiger partial charge is 0.412 e. The molecule has 1 amide bonds. The molecule has 2 aliphatic rings. The molecule has 34 heavy (non-hydrogen) atoms. The number of anilines is 1. The summed E-state index contributed by atoms with van der Waals surface area (Å²) in [5, 5.41) is 27.5. The first kappa shape index (κ1) is 22.0. The minimum absolute atomic E-state index is 0.127. The van der Waals surface area contributed by atoms with Gasteiger partial charge in [0.1, 0.15) is 17.6 Å². The molecular formula is C26H27N5O3. The molecule has 2 aromatic carbocycles. The van der Waals surface area contributed by atoms with Crippen LogP contribution in [0.2, 0.25) is 0 Å². The van der Waals surface area contributed by atoms with E-state index in [0.717, 1.165) is 42.6 Å². The molecule has 0 spiro atoms. The number of benzene rings is 2. The third-order valence-electron chi connectivity index (χ3n) is 6.77. The van der Waals surface area contributed by atoms with Gasteiger partial charge < -0.3 is 15.2 Å². The van der Waals surface area contributed by atoms with E-state index in [0.29, 0.717) is 41.6 Å². The van der Waals surface area contributed by atoms with Crippen molar-refractivity contribution in [1.82, 2.24) is 15.1 Å². The van der Waals surface area contributed by atoms with E-state index in [2.05, 4.69) is 16.5 Å². The molecule has 0 saturated carbocycles. The van der Waals surface area contributed by atoms with Crippen LogP contribution < -0.4 is 15.0 Å². The summed E-state index contributed by atoms with van der Waals surface area (Å²) in [4.78, 5) is 13.5. The third-order valence-corrected chi connectivity index (χ3v) is 6.77. The van der Waals surface area contributed by atoms with Crippen molar-refractivity contribution in [3.05, 3.63) is 59.9 Å². The molecule has 3 heterocycles. The number of para-hydroxylation sites is 1. The van der Waals surface area contributed by atoms with Crippen LogP contribution in [-0.2, 0) is 6.42 Å². The fourth-order valence-electron chi connectivity index (χ4n) is 4.95. The van der Waals surface area contributed by atoms with Crippen LogP contribution in [0.1, 0.15) is 43.4 Å². The van der Waals surface area contributed by atoms with Gasteiger partial charge in [0, 0.05) is 28.9 Å². The number of hydrogen-bond acceptors (Lipinski definition) is 5. The van der Waals surface area contributed by atoms with Gasteiger partial charge in [-0.15, -0.1) is 0 Å². The zero-order chi connectivity index (χ0) is 23.7. The van der Waals surface area contributed by atoms with Crippen molar-refractivity contribution < 1.29 is 14.6 Å². The summed E-state index contributed by atoms with van der Waals surface area (Å²) in [5.41, 5.74) is 3.64. The van der Waals surface area contributed by atoms with Gasteiger partial charge >= 0.3 is 6.09 Å². The largest absolute Gasteiger partial charge is 0.465 e. The highest BCUT2D eigenvalue weighted by molar-refractivity contribution is 5.91. The van der Waals surface area contributed by atoms with Gasteiger partial charge in [0.2, 0.25) is 0 Å². The predicted molar refractivity (Wildman–Crippen MR) is 128 cm³/mol. The van der Waals surface area contributed by atoms with Gasteiger partial charge in [-0.2, -0.15) is 10.4 Å². The summed E-state index contributed by atoms with van der Waals surface area (Å²) in [6.07, 6.45) is 6.32. The highest BCUT2D eigenvalue weighted by Crippen LogP contribution is 2.45. The second-order valence-corrected chi connectivity index (χ2v) is 8.88. The van der Waals surface area contributed by atoms with Crippen LogP contribution in [-0.4, -0.2) is 40.1 Å². The Hall–Kier alpha value is -3.83. The van der Waals surface area contributed by atoms with E-state index in [1.165, 1.54) is 4.90 Å². The summed E-state index contributed by atoms with van der Waals surface area (Å²) >= 11 is 0. The first-order chi connectivity index (χ1) is 16.6. The number of nitrogens with one attached hydrogen (secondary N) is 1. The van der Waals surface area contributed by atoms with E-state index in [1.54, 1.807) is 18.2 Å². The number of piperidine rings is 1. The van der Waals surface area contributed by atoms with Gasteiger partial charge in [-0.3, -0.25) is 9.58 Å². The molecule has 0 bridgehead atoms. The standard InChI is InChI=1S/C26H27N5O3/c1-17-6-7-22-23(31(17)26(32)33)9-8-21(25(22)34-24-5-3-2-4-18(24)14-27)19-15-29-30(16-19)20-10-12-28-13-11-20/h2-5,8-9,15-17,20,28H,6-7,10-13H2,1H3,(H,32,33)/t17-/m0/s1. The van der Waals surface area contributed by atoms with E-state index in [4.69, 9.17) is 4.74 Å². The number of aromatic nitrogens is 2. The zero-order valence-electron chi connectivity index (χ0n) is 19.1. The highest BCUT2D eigenvalue weighted by atomic mass is 16.5. The summed E-state index contributed by atoms with van der Waals surface area (Å²) in [6.45, 7) is 3.86. The topological polar surface area (TPSA) is 103 Å². The molecule has 0 unspecified atom stereocenters. The van der Waals surface area contributed by atoms with Crippen LogP contribution in [0.4, 0.5) is 10.5 Å². The second-order valence-electron chi connectivity index (χ2n) is 8.88. The number of carbonyl (C=O) groups is 1. The summed E-state index contributed by atoms with van der Waals surface area (Å²) in [5.74, 6) is 1.04. The fourth-order valence-corrected chi connectivity index (χ4v) is 4.95. The lowest BCUT2D eigenvalue weighted by Crippen LogP contribution is -2.41. The Morgan fingerprint density at radius 2 is 2.00 bits per heavy atom. The Morgan fingerprint density at radius 3 is 2.76 bits per heavy atom. The maximum absolute atomic E-state index is 12.1. The van der Waals surface area contributed by atoms with Crippen molar-refractivity contribution >= 4 is 11.8 Å². The van der Waals surface area contributed by atoms with Crippen LogP contribution in [0.25, 0.3) is 11.1 Å². The molecule has 0 radical (unpaired) electrons. The molecule has 3 aromatic rings. The normalized spacial score (nSPS) is 18.2. The maximum atomic E-state index is 12.1. The number of fused-ring (bicyclic) bond motifs is 1. The molecule has 8 heteroatoms. The molecule has 2 N–H and O–H groups in total. The summed E-state index contributed by atoms with van der Waals surface area (Å²) in [7, 11) is 0. The third kappa shape index (κ3) is 3.99. The van der Waals surface area contributed by atoms with E-state index >= 15 is 0 Å². The lowest BCUT2D eigenvalue weighted by Gasteiger charge is -2.34. The van der Waals surface area contributed by atoms with Crippen LogP contribution in [0, 0.1) is 11.3 Å². The first-order valence-corrected chi connectivity index (χ1v) is 11.7. The number of hydrogen-bond donors (Lipinski definition) is 2. The highest BCUT2D eigenvalue weighted by Gasteiger charge is 2.32. The summed E-state index contributed by atoms with van der Waals surface area (Å²) < 4.78 is 8.44. The number of nitrogens with zero attached hydrogens (tertiary/aromatic N) is 4. The number of rotatable bonds is 4. The fraction of sp³-hybridized carbons (Fsp3) is 0.346. The molecule has 5 rings (SSSR count). The Balaban J connectivity index is 1.63. The molecule has 1 atom stereocenters. The van der Waals surface area contributed by atoms with E-state index in [-0.39, 0.29) is 6.04 Å². The van der Waals surface area contributed by atoms with Gasteiger partial charge in [0.05, 0.1) is 23.5 Å². The second kappa shape index (κ2) is 9.20. The Morgan fingerprint density at radius 1 is 1.21 bits per heavy atom. The van der Waals surface area contributed by atoms with E-state index in [9.17, 15) is 15.2 Å². The van der Waals surface area contributed by atoms with Crippen LogP contribution in [0.3, 0.4) is 0 Å². The lowest BCUT2D eigenvalue weighted by atomic mass is 9.92. The molecular weight excluding hydrogens is 430 g/mol. The quantitative estimate of drug-likeness (QED) is 0.574. The van der Waals surface area contributed by atoms with Crippen molar-refractivity contribution in [3.8, 4) is 28.7 Å². The molecule has 1 saturated heterocycles. The molecule has 174 valence electrons. The maximum Gasteiger partial charge on any atom is 0.412 e. The van der Waals surface area contributed by atoms with Crippen LogP contribution >= 0.6 is 0 Å². The van der Waals surface area contributed by atoms with Crippen molar-refractivity contribution in [1.29, 1.82) is 5.26 Å². The van der Waals surface area contributed by atoms with Crippen molar-refractivity contribution in [2.45, 2.75) is 44.7 Å². The van der Waals surface area contributed by atoms with Crippen molar-refractivity contribution in [2.75, 3.05) is 18.0 Å². The molecule has 0 aliphatic carbocycles. The van der Waals surface area contributed by atoms with E-state index in [1.807, 2.05) is 42.2 Å². The lowest BCUT2D eigenvalue weighted by molar-refractivity contribution is 0.198. The van der Waals surface area contributed by atoms with Gasteiger partial charge in [-0.05, 0) is 70.0 Å². The molecule has 2 aliphatic heterocycles. The molecule has 8 nitrogen and oxygen atoms in total. The Labute approximate surface area is 198 Å². The van der Waals surface area contributed by atoms with Crippen LogP contribution in [0.5, 0.6) is 11.5 Å². The van der Waals surface area contributed by atoms with Gasteiger partial charge in [-0.1, -0.05) is 12.1 Å². The molecule has 1 fully saturated rings. The average molecular weight is 458 g/mol. The number of amides is 1. The Kier molecular flexibility index (Phi) is 5.95. The zero-order valence-corrected chi connectivity index (χ0v) is 19.1. The minimum Gasteiger partial charge on any atom is -0.465 e. The SMILES string of the molecule is C[C@H]1CCc2c(ccc(-c3cnn(C4CCNCC4)c3)c2Oc2ccccc2C#N)N1C(=O)O. The minimum atomic E-state index is -0.983. The van der Waals surface area contributed by atoms with Crippen LogP contribution in [0.15, 0.2) is 48.8 Å². The van der Waals surface area contributed by atoms with Crippen molar-refractivity contribution in [3.63, 3.8) is 0 Å². The number of ether oxygens (including phenoxy) is 1. The molecule has 1 aromatic heterocycles. The van der Waals surface area contributed by atoms with E-state index < -0.39 is 6.09 Å². The number of carboxylic acid groups (broad SMARTS) is 1. The van der Waals surface area contributed by atoms with Gasteiger partial charge in [0.15, 0.2) is 0 Å². The van der Waals surface area contributed by atoms with Gasteiger partial charge in [0.25, 0.3) is 0 Å². The summed E-state index contributed by atoms with van der Waals surface area (Å²) in [6, 6.07) is 13.3. The van der Waals surface area contributed by atoms with Gasteiger partial charge in [-0.25, -0.2) is 4.79 Å².